The molecule has 128 valence electrons. The molecule has 24 heavy (non-hydrogen) atoms. The van der Waals surface area contributed by atoms with Gasteiger partial charge in [-0.25, -0.2) is 0 Å². The number of carbonyl (C=O) groups is 1. The van der Waals surface area contributed by atoms with E-state index in [1.54, 1.807) is 32.4 Å². The van der Waals surface area contributed by atoms with Crippen LogP contribution in [0.3, 0.4) is 0 Å². The summed E-state index contributed by atoms with van der Waals surface area (Å²) in [4.78, 5) is 12.5. The lowest BCUT2D eigenvalue weighted by atomic mass is 10.2. The van der Waals surface area contributed by atoms with Gasteiger partial charge in [0.05, 0.1) is 19.9 Å². The van der Waals surface area contributed by atoms with Gasteiger partial charge in [0.25, 0.3) is 5.91 Å². The number of amides is 1. The van der Waals surface area contributed by atoms with E-state index < -0.39 is 6.10 Å². The van der Waals surface area contributed by atoms with Gasteiger partial charge in [-0.05, 0) is 37.6 Å². The second-order valence-corrected chi connectivity index (χ2v) is 5.38. The van der Waals surface area contributed by atoms with Crippen LogP contribution in [0.2, 0.25) is 0 Å². The van der Waals surface area contributed by atoms with Gasteiger partial charge in [-0.15, -0.1) is 0 Å². The number of hydrogen-bond donors (Lipinski definition) is 1. The summed E-state index contributed by atoms with van der Waals surface area (Å²) in [5, 5.41) is 2.85. The fourth-order valence-corrected chi connectivity index (χ4v) is 2.22. The van der Waals surface area contributed by atoms with E-state index in [2.05, 4.69) is 5.32 Å². The number of carbonyl (C=O) groups excluding carboxylic acids is 1. The van der Waals surface area contributed by atoms with Crippen molar-refractivity contribution >= 4 is 11.6 Å². The highest BCUT2D eigenvalue weighted by Gasteiger charge is 2.20. The Kier molecular flexibility index (Phi) is 6.07. The molecule has 0 unspecified atom stereocenters. The Bertz CT molecular complexity index is 682. The van der Waals surface area contributed by atoms with Gasteiger partial charge in [0.15, 0.2) is 6.10 Å². The Hall–Kier alpha value is -2.69. The van der Waals surface area contributed by atoms with Crippen LogP contribution in [0, 0.1) is 6.92 Å². The standard InChI is InChI=1S/C19H23NO4/c1-5-17(24-14-8-6-13(2)7-9-14)19(21)20-16-11-10-15(22-3)12-18(16)23-4/h6-12,17H,5H2,1-4H3,(H,20,21)/t17-/m0/s1. The molecule has 1 amide bonds. The quantitative estimate of drug-likeness (QED) is 0.839. The zero-order valence-corrected chi connectivity index (χ0v) is 14.5. The molecule has 0 aromatic heterocycles. The van der Waals surface area contributed by atoms with Gasteiger partial charge in [-0.3, -0.25) is 4.79 Å². The van der Waals surface area contributed by atoms with Gasteiger partial charge in [0.2, 0.25) is 0 Å². The Labute approximate surface area is 142 Å². The summed E-state index contributed by atoms with van der Waals surface area (Å²) in [6, 6.07) is 12.9. The lowest BCUT2D eigenvalue weighted by Gasteiger charge is -2.18. The molecule has 1 N–H and O–H groups in total. The van der Waals surface area contributed by atoms with Crippen LogP contribution in [-0.4, -0.2) is 26.2 Å². The Morgan fingerprint density at radius 2 is 1.71 bits per heavy atom. The molecule has 0 saturated heterocycles. The summed E-state index contributed by atoms with van der Waals surface area (Å²) in [5.41, 5.74) is 1.72. The first-order valence-electron chi connectivity index (χ1n) is 7.83. The smallest absolute Gasteiger partial charge is 0.265 e. The number of hydrogen-bond acceptors (Lipinski definition) is 4. The summed E-state index contributed by atoms with van der Waals surface area (Å²) >= 11 is 0. The highest BCUT2D eigenvalue weighted by molar-refractivity contribution is 5.95. The van der Waals surface area contributed by atoms with Gasteiger partial charge in [-0.2, -0.15) is 0 Å². The molecule has 0 fully saturated rings. The molecule has 0 bridgehead atoms. The molecule has 0 radical (unpaired) electrons. The van der Waals surface area contributed by atoms with E-state index in [0.717, 1.165) is 5.56 Å². The Balaban J connectivity index is 2.10. The summed E-state index contributed by atoms with van der Waals surface area (Å²) in [6.07, 6.45) is -0.0300. The van der Waals surface area contributed by atoms with Crippen LogP contribution in [0.15, 0.2) is 42.5 Å². The third kappa shape index (κ3) is 4.41. The molecule has 5 nitrogen and oxygen atoms in total. The minimum atomic E-state index is -0.584. The van der Waals surface area contributed by atoms with Gasteiger partial charge >= 0.3 is 0 Å². The SMILES string of the molecule is CC[C@H](Oc1ccc(C)cc1)C(=O)Nc1ccc(OC)cc1OC. The van der Waals surface area contributed by atoms with Crippen molar-refractivity contribution in [2.75, 3.05) is 19.5 Å². The van der Waals surface area contributed by atoms with Gasteiger partial charge in [0.1, 0.15) is 17.2 Å². The van der Waals surface area contributed by atoms with Crippen molar-refractivity contribution in [2.24, 2.45) is 0 Å². The van der Waals surface area contributed by atoms with Gasteiger partial charge < -0.3 is 19.5 Å². The number of methoxy groups -OCH3 is 2. The molecule has 0 aliphatic rings. The maximum absolute atomic E-state index is 12.5. The minimum Gasteiger partial charge on any atom is -0.497 e. The van der Waals surface area contributed by atoms with E-state index in [1.807, 2.05) is 38.1 Å². The molecule has 0 spiro atoms. The first-order chi connectivity index (χ1) is 11.6. The van der Waals surface area contributed by atoms with Crippen molar-refractivity contribution in [3.8, 4) is 17.2 Å². The molecule has 0 heterocycles. The molecule has 2 aromatic rings. The monoisotopic (exact) mass is 329 g/mol. The summed E-state index contributed by atoms with van der Waals surface area (Å²) in [7, 11) is 3.13. The molecule has 1 atom stereocenters. The normalized spacial score (nSPS) is 11.5. The van der Waals surface area contributed by atoms with E-state index in [0.29, 0.717) is 29.4 Å². The second-order valence-electron chi connectivity index (χ2n) is 5.38. The summed E-state index contributed by atoms with van der Waals surface area (Å²) in [6.45, 7) is 3.91. The van der Waals surface area contributed by atoms with Crippen molar-refractivity contribution in [3.05, 3.63) is 48.0 Å². The fraction of sp³-hybridized carbons (Fsp3) is 0.316. The minimum absolute atomic E-state index is 0.221. The van der Waals surface area contributed by atoms with Crippen molar-refractivity contribution in [1.82, 2.24) is 0 Å². The van der Waals surface area contributed by atoms with Crippen LogP contribution in [-0.2, 0) is 4.79 Å². The highest BCUT2D eigenvalue weighted by Crippen LogP contribution is 2.29. The predicted octanol–water partition coefficient (Wildman–Crippen LogP) is 3.81. The number of rotatable bonds is 7. The first kappa shape index (κ1) is 17.7. The third-order valence-corrected chi connectivity index (χ3v) is 3.63. The Morgan fingerprint density at radius 1 is 1.04 bits per heavy atom. The van der Waals surface area contributed by atoms with Crippen molar-refractivity contribution in [3.63, 3.8) is 0 Å². The maximum atomic E-state index is 12.5. The Morgan fingerprint density at radius 3 is 2.29 bits per heavy atom. The van der Waals surface area contributed by atoms with Crippen molar-refractivity contribution < 1.29 is 19.0 Å². The molecule has 0 aliphatic carbocycles. The first-order valence-corrected chi connectivity index (χ1v) is 7.83. The summed E-state index contributed by atoms with van der Waals surface area (Å²) in [5.74, 6) is 1.64. The number of aryl methyl sites for hydroxylation is 1. The third-order valence-electron chi connectivity index (χ3n) is 3.63. The molecule has 2 rings (SSSR count). The molecular weight excluding hydrogens is 306 g/mol. The van der Waals surface area contributed by atoms with Crippen LogP contribution in [0.25, 0.3) is 0 Å². The topological polar surface area (TPSA) is 56.8 Å². The van der Waals surface area contributed by atoms with E-state index in [9.17, 15) is 4.79 Å². The average molecular weight is 329 g/mol. The zero-order chi connectivity index (χ0) is 17.5. The highest BCUT2D eigenvalue weighted by atomic mass is 16.5. The van der Waals surface area contributed by atoms with Crippen LogP contribution in [0.5, 0.6) is 17.2 Å². The van der Waals surface area contributed by atoms with E-state index in [4.69, 9.17) is 14.2 Å². The van der Waals surface area contributed by atoms with Crippen molar-refractivity contribution in [1.29, 1.82) is 0 Å². The number of ether oxygens (including phenoxy) is 3. The number of anilines is 1. The molecule has 0 aliphatic heterocycles. The zero-order valence-electron chi connectivity index (χ0n) is 14.5. The molecule has 2 aromatic carbocycles. The lowest BCUT2D eigenvalue weighted by Crippen LogP contribution is -2.32. The van der Waals surface area contributed by atoms with E-state index in [-0.39, 0.29) is 5.91 Å². The second kappa shape index (κ2) is 8.24. The fourth-order valence-electron chi connectivity index (χ4n) is 2.22. The van der Waals surface area contributed by atoms with Crippen LogP contribution in [0.4, 0.5) is 5.69 Å². The van der Waals surface area contributed by atoms with Crippen molar-refractivity contribution in [2.45, 2.75) is 26.4 Å². The predicted molar refractivity (Wildman–Crippen MR) is 94.1 cm³/mol. The van der Waals surface area contributed by atoms with E-state index in [1.165, 1.54) is 0 Å². The number of nitrogens with one attached hydrogen (secondary N) is 1. The van der Waals surface area contributed by atoms with Crippen LogP contribution in [0.1, 0.15) is 18.9 Å². The lowest BCUT2D eigenvalue weighted by molar-refractivity contribution is -0.122. The van der Waals surface area contributed by atoms with Gasteiger partial charge in [0, 0.05) is 6.07 Å². The molecular formula is C19H23NO4. The van der Waals surface area contributed by atoms with Gasteiger partial charge in [-0.1, -0.05) is 24.6 Å². The van der Waals surface area contributed by atoms with Crippen LogP contribution < -0.4 is 19.5 Å². The average Bonchev–Trinajstić information content (AvgIpc) is 2.61. The van der Waals surface area contributed by atoms with Crippen LogP contribution >= 0.6 is 0 Å². The maximum Gasteiger partial charge on any atom is 0.265 e. The summed E-state index contributed by atoms with van der Waals surface area (Å²) < 4.78 is 16.2. The van der Waals surface area contributed by atoms with E-state index >= 15 is 0 Å². The number of benzene rings is 2. The molecule has 0 saturated carbocycles. The molecule has 5 heteroatoms. The largest absolute Gasteiger partial charge is 0.497 e.